The highest BCUT2D eigenvalue weighted by atomic mass is 16.5. The van der Waals surface area contributed by atoms with Gasteiger partial charge in [0.25, 0.3) is 5.91 Å². The van der Waals surface area contributed by atoms with Gasteiger partial charge in [-0.1, -0.05) is 5.16 Å². The van der Waals surface area contributed by atoms with Crippen molar-refractivity contribution in [1.82, 2.24) is 15.0 Å². The second-order valence-electron chi connectivity index (χ2n) is 8.52. The SMILES string of the molecule is CCOc1ccc(NC(=O)c2ccc(NC(=O)CN3CCN(Cc4cc(C)on4)CC3)cc2)cc1. The van der Waals surface area contributed by atoms with Gasteiger partial charge in [0.2, 0.25) is 5.91 Å². The maximum Gasteiger partial charge on any atom is 0.255 e. The molecular weight excluding hydrogens is 446 g/mol. The minimum Gasteiger partial charge on any atom is -0.494 e. The molecule has 0 radical (unpaired) electrons. The van der Waals surface area contributed by atoms with Crippen LogP contribution in [0.15, 0.2) is 59.1 Å². The lowest BCUT2D eigenvalue weighted by Gasteiger charge is -2.33. The molecule has 0 unspecified atom stereocenters. The summed E-state index contributed by atoms with van der Waals surface area (Å²) in [4.78, 5) is 29.5. The second kappa shape index (κ2) is 11.6. The fourth-order valence-electron chi connectivity index (χ4n) is 3.94. The lowest BCUT2D eigenvalue weighted by Crippen LogP contribution is -2.48. The Labute approximate surface area is 205 Å². The van der Waals surface area contributed by atoms with Crippen molar-refractivity contribution in [2.45, 2.75) is 20.4 Å². The number of carbonyl (C=O) groups excluding carboxylic acids is 2. The zero-order chi connectivity index (χ0) is 24.6. The predicted molar refractivity (Wildman–Crippen MR) is 134 cm³/mol. The first kappa shape index (κ1) is 24.4. The molecule has 2 amide bonds. The van der Waals surface area contributed by atoms with Crippen LogP contribution in [0.4, 0.5) is 11.4 Å². The summed E-state index contributed by atoms with van der Waals surface area (Å²) in [6, 6.07) is 16.1. The number of benzene rings is 2. The number of nitrogens with one attached hydrogen (secondary N) is 2. The number of aryl methyl sites for hydroxylation is 1. The van der Waals surface area contributed by atoms with E-state index in [-0.39, 0.29) is 11.8 Å². The van der Waals surface area contributed by atoms with Crippen LogP contribution in [-0.4, -0.2) is 66.1 Å². The van der Waals surface area contributed by atoms with Crippen LogP contribution >= 0.6 is 0 Å². The first-order valence-corrected chi connectivity index (χ1v) is 11.8. The Bertz CT molecular complexity index is 1120. The molecule has 1 aromatic heterocycles. The molecule has 184 valence electrons. The minimum atomic E-state index is -0.217. The molecule has 0 aliphatic carbocycles. The van der Waals surface area contributed by atoms with Crippen LogP contribution in [0, 0.1) is 6.92 Å². The van der Waals surface area contributed by atoms with Crippen molar-refractivity contribution in [1.29, 1.82) is 0 Å². The van der Waals surface area contributed by atoms with Crippen molar-refractivity contribution in [2.24, 2.45) is 0 Å². The second-order valence-corrected chi connectivity index (χ2v) is 8.52. The Balaban J connectivity index is 1.20. The number of aromatic nitrogens is 1. The van der Waals surface area contributed by atoms with Gasteiger partial charge in [0, 0.05) is 55.7 Å². The van der Waals surface area contributed by atoms with Crippen molar-refractivity contribution in [2.75, 3.05) is 50.0 Å². The van der Waals surface area contributed by atoms with Crippen LogP contribution in [-0.2, 0) is 11.3 Å². The normalized spacial score (nSPS) is 14.5. The van der Waals surface area contributed by atoms with E-state index in [1.54, 1.807) is 36.4 Å². The largest absolute Gasteiger partial charge is 0.494 e. The number of anilines is 2. The molecule has 1 saturated heterocycles. The first-order valence-electron chi connectivity index (χ1n) is 11.8. The summed E-state index contributed by atoms with van der Waals surface area (Å²) in [5.41, 5.74) is 2.79. The summed E-state index contributed by atoms with van der Waals surface area (Å²) in [6.45, 7) is 8.87. The number of nitrogens with zero attached hydrogens (tertiary/aromatic N) is 3. The van der Waals surface area contributed by atoms with Crippen LogP contribution in [0.25, 0.3) is 0 Å². The maximum atomic E-state index is 12.5. The number of ether oxygens (including phenoxy) is 1. The number of carbonyl (C=O) groups is 2. The summed E-state index contributed by atoms with van der Waals surface area (Å²) in [5.74, 6) is 1.29. The third-order valence-corrected chi connectivity index (χ3v) is 5.75. The lowest BCUT2D eigenvalue weighted by atomic mass is 10.2. The molecule has 0 bridgehead atoms. The molecule has 1 aliphatic rings. The van der Waals surface area contributed by atoms with E-state index in [9.17, 15) is 9.59 Å². The van der Waals surface area contributed by atoms with E-state index < -0.39 is 0 Å². The van der Waals surface area contributed by atoms with Crippen LogP contribution < -0.4 is 15.4 Å². The summed E-state index contributed by atoms with van der Waals surface area (Å²) in [6.07, 6.45) is 0. The third kappa shape index (κ3) is 7.14. The van der Waals surface area contributed by atoms with Crippen LogP contribution in [0.2, 0.25) is 0 Å². The molecule has 1 aliphatic heterocycles. The van der Waals surface area contributed by atoms with Crippen LogP contribution in [0.3, 0.4) is 0 Å². The van der Waals surface area contributed by atoms with Gasteiger partial charge in [0.05, 0.1) is 18.8 Å². The Morgan fingerprint density at radius 1 is 0.943 bits per heavy atom. The van der Waals surface area contributed by atoms with Crippen molar-refractivity contribution in [3.05, 3.63) is 71.6 Å². The average Bonchev–Trinajstić information content (AvgIpc) is 3.26. The zero-order valence-corrected chi connectivity index (χ0v) is 20.1. The van der Waals surface area contributed by atoms with E-state index in [0.29, 0.717) is 30.1 Å². The smallest absolute Gasteiger partial charge is 0.255 e. The third-order valence-electron chi connectivity index (χ3n) is 5.75. The van der Waals surface area contributed by atoms with E-state index >= 15 is 0 Å². The molecule has 0 saturated carbocycles. The molecule has 2 N–H and O–H groups in total. The molecule has 0 spiro atoms. The van der Waals surface area contributed by atoms with Gasteiger partial charge in [-0.25, -0.2) is 0 Å². The van der Waals surface area contributed by atoms with Crippen molar-refractivity contribution < 1.29 is 18.8 Å². The molecule has 0 atom stereocenters. The minimum absolute atomic E-state index is 0.0721. The van der Waals surface area contributed by atoms with Gasteiger partial charge in [-0.15, -0.1) is 0 Å². The summed E-state index contributed by atoms with van der Waals surface area (Å²) in [5, 5.41) is 9.82. The summed E-state index contributed by atoms with van der Waals surface area (Å²) >= 11 is 0. The molecule has 9 heteroatoms. The molecule has 9 nitrogen and oxygen atoms in total. The standard InChI is InChI=1S/C26H31N5O4/c1-3-34-24-10-8-22(9-11-24)28-26(33)20-4-6-21(7-5-20)27-25(32)18-31-14-12-30(13-15-31)17-23-16-19(2)35-29-23/h4-11,16H,3,12-15,17-18H2,1-2H3,(H,27,32)(H,28,33). The van der Waals surface area contributed by atoms with Gasteiger partial charge in [-0.05, 0) is 62.4 Å². The van der Waals surface area contributed by atoms with Crippen LogP contribution in [0.5, 0.6) is 5.75 Å². The van der Waals surface area contributed by atoms with E-state index in [4.69, 9.17) is 9.26 Å². The van der Waals surface area contributed by atoms with E-state index in [0.717, 1.165) is 49.9 Å². The molecule has 3 aromatic rings. The highest BCUT2D eigenvalue weighted by Crippen LogP contribution is 2.17. The van der Waals surface area contributed by atoms with Gasteiger partial charge >= 0.3 is 0 Å². The number of rotatable bonds is 9. The lowest BCUT2D eigenvalue weighted by molar-refractivity contribution is -0.117. The molecule has 4 rings (SSSR count). The van der Waals surface area contributed by atoms with Gasteiger partial charge in [-0.3, -0.25) is 19.4 Å². The molecule has 2 aromatic carbocycles. The quantitative estimate of drug-likeness (QED) is 0.487. The maximum absolute atomic E-state index is 12.5. The average molecular weight is 478 g/mol. The van der Waals surface area contributed by atoms with Crippen molar-refractivity contribution in [3.8, 4) is 5.75 Å². The van der Waals surface area contributed by atoms with E-state index in [1.807, 2.05) is 32.0 Å². The Morgan fingerprint density at radius 2 is 1.57 bits per heavy atom. The first-order chi connectivity index (χ1) is 17.0. The summed E-state index contributed by atoms with van der Waals surface area (Å²) in [7, 11) is 0. The molecular formula is C26H31N5O4. The highest BCUT2D eigenvalue weighted by molar-refractivity contribution is 6.04. The van der Waals surface area contributed by atoms with E-state index in [1.165, 1.54) is 0 Å². The van der Waals surface area contributed by atoms with E-state index in [2.05, 4.69) is 25.6 Å². The fraction of sp³-hybridized carbons (Fsp3) is 0.346. The number of hydrogen-bond donors (Lipinski definition) is 2. The topological polar surface area (TPSA) is 99.9 Å². The number of piperazine rings is 1. The number of amides is 2. The Hall–Kier alpha value is -3.69. The van der Waals surface area contributed by atoms with Gasteiger partial charge in [0.1, 0.15) is 11.5 Å². The predicted octanol–water partition coefficient (Wildman–Crippen LogP) is 3.39. The molecule has 35 heavy (non-hydrogen) atoms. The van der Waals surface area contributed by atoms with Gasteiger partial charge in [0.15, 0.2) is 0 Å². The zero-order valence-electron chi connectivity index (χ0n) is 20.1. The number of hydrogen-bond acceptors (Lipinski definition) is 7. The fourth-order valence-corrected chi connectivity index (χ4v) is 3.94. The van der Waals surface area contributed by atoms with Crippen molar-refractivity contribution in [3.63, 3.8) is 0 Å². The van der Waals surface area contributed by atoms with Crippen LogP contribution in [0.1, 0.15) is 28.7 Å². The van der Waals surface area contributed by atoms with Gasteiger partial charge < -0.3 is 19.9 Å². The summed E-state index contributed by atoms with van der Waals surface area (Å²) < 4.78 is 10.5. The Morgan fingerprint density at radius 3 is 2.20 bits per heavy atom. The Kier molecular flexibility index (Phi) is 8.12. The monoisotopic (exact) mass is 477 g/mol. The van der Waals surface area contributed by atoms with Crippen molar-refractivity contribution >= 4 is 23.2 Å². The van der Waals surface area contributed by atoms with Gasteiger partial charge in [-0.2, -0.15) is 0 Å². The molecule has 1 fully saturated rings. The highest BCUT2D eigenvalue weighted by Gasteiger charge is 2.20. The molecule has 2 heterocycles.